The topological polar surface area (TPSA) is 0 Å². The van der Waals surface area contributed by atoms with Crippen molar-refractivity contribution in [3.8, 4) is 0 Å². The molecule has 2 heteroatoms. The van der Waals surface area contributed by atoms with E-state index in [-0.39, 0.29) is 0 Å². The summed E-state index contributed by atoms with van der Waals surface area (Å²) in [6.07, 6.45) is 0. The van der Waals surface area contributed by atoms with Crippen LogP contribution in [-0.2, 0) is 26.1 Å². The zero-order valence-electron chi connectivity index (χ0n) is 9.66. The summed E-state index contributed by atoms with van der Waals surface area (Å²) in [6, 6.07) is 15.1. The van der Waals surface area contributed by atoms with Crippen molar-refractivity contribution in [3.63, 3.8) is 0 Å². The molecule has 0 N–H and O–H groups in total. The van der Waals surface area contributed by atoms with Gasteiger partial charge in [0.1, 0.15) is 0 Å². The van der Waals surface area contributed by atoms with E-state index in [0.29, 0.717) is 26.1 Å². The predicted molar refractivity (Wildman–Crippen MR) is 66.1 cm³/mol. The minimum absolute atomic E-state index is 0.705. The Hall–Kier alpha value is -0.275. The molecule has 0 aliphatic rings. The van der Waals surface area contributed by atoms with Gasteiger partial charge in [-0.15, -0.1) is 0 Å². The minimum atomic E-state index is 0.705. The second-order valence-corrected chi connectivity index (χ2v) is 7.76. The molecular formula is C14H13HgS. The van der Waals surface area contributed by atoms with Crippen molar-refractivity contribution in [3.05, 3.63) is 53.6 Å². The maximum atomic E-state index is 2.25. The van der Waals surface area contributed by atoms with Gasteiger partial charge in [-0.25, -0.2) is 0 Å². The molecule has 2 aromatic rings. The van der Waals surface area contributed by atoms with Gasteiger partial charge in [0.25, 0.3) is 0 Å². The van der Waals surface area contributed by atoms with Crippen molar-refractivity contribution in [1.29, 1.82) is 0 Å². The summed E-state index contributed by atoms with van der Waals surface area (Å²) < 4.78 is 1.60. The van der Waals surface area contributed by atoms with Crippen molar-refractivity contribution in [2.75, 3.05) is 0 Å². The second-order valence-electron chi connectivity index (χ2n) is 3.90. The molecule has 0 aliphatic heterocycles. The van der Waals surface area contributed by atoms with E-state index in [9.17, 15) is 0 Å². The van der Waals surface area contributed by atoms with Crippen LogP contribution in [0.4, 0.5) is 0 Å². The number of hydrogen-bond donors (Lipinski definition) is 0. The van der Waals surface area contributed by atoms with Gasteiger partial charge in [0.15, 0.2) is 0 Å². The first-order chi connectivity index (χ1) is 7.68. The Balaban J connectivity index is 2.33. The normalized spacial score (nSPS) is 10.5. The van der Waals surface area contributed by atoms with E-state index < -0.39 is 0 Å². The maximum absolute atomic E-state index is 2.25. The van der Waals surface area contributed by atoms with E-state index in [1.807, 2.05) is 11.8 Å². The van der Waals surface area contributed by atoms with E-state index >= 15 is 0 Å². The molecule has 0 radical (unpaired) electrons. The number of rotatable bonds is 2. The fourth-order valence-corrected chi connectivity index (χ4v) is 4.25. The van der Waals surface area contributed by atoms with Gasteiger partial charge in [0.2, 0.25) is 0 Å². The molecule has 0 aliphatic carbocycles. The van der Waals surface area contributed by atoms with Crippen LogP contribution >= 0.6 is 11.8 Å². The van der Waals surface area contributed by atoms with Crippen LogP contribution in [0.15, 0.2) is 52.3 Å². The van der Waals surface area contributed by atoms with Crippen LogP contribution in [0.5, 0.6) is 0 Å². The Morgan fingerprint density at radius 3 is 2.31 bits per heavy atom. The van der Waals surface area contributed by atoms with Gasteiger partial charge in [-0.2, -0.15) is 0 Å². The summed E-state index contributed by atoms with van der Waals surface area (Å²) >= 11 is 2.57. The van der Waals surface area contributed by atoms with E-state index in [0.717, 1.165) is 0 Å². The zero-order chi connectivity index (χ0) is 11.5. The van der Waals surface area contributed by atoms with Crippen molar-refractivity contribution in [1.82, 2.24) is 0 Å². The van der Waals surface area contributed by atoms with E-state index in [4.69, 9.17) is 0 Å². The van der Waals surface area contributed by atoms with Crippen LogP contribution in [0.3, 0.4) is 0 Å². The first kappa shape index (κ1) is 12.2. The Morgan fingerprint density at radius 1 is 0.938 bits per heavy atom. The van der Waals surface area contributed by atoms with E-state index in [2.05, 4.69) is 56.3 Å². The van der Waals surface area contributed by atoms with Crippen molar-refractivity contribution < 1.29 is 26.1 Å². The van der Waals surface area contributed by atoms with E-state index in [1.165, 1.54) is 20.9 Å². The van der Waals surface area contributed by atoms with Gasteiger partial charge in [0, 0.05) is 0 Å². The molecule has 77 valence electrons. The molecule has 0 aromatic heterocycles. The van der Waals surface area contributed by atoms with Gasteiger partial charge in [-0.05, 0) is 0 Å². The van der Waals surface area contributed by atoms with Crippen LogP contribution in [0.2, 0.25) is 0 Å². The molecular weight excluding hydrogens is 401 g/mol. The molecule has 0 heterocycles. The Labute approximate surface area is 117 Å². The molecule has 0 saturated carbocycles. The average Bonchev–Trinajstić information content (AvgIpc) is 2.31. The Bertz CT molecular complexity index is 492. The first-order valence-electron chi connectivity index (χ1n) is 5.33. The average molecular weight is 414 g/mol. The van der Waals surface area contributed by atoms with Crippen LogP contribution in [0.25, 0.3) is 0 Å². The Morgan fingerprint density at radius 2 is 1.62 bits per heavy atom. The number of aryl methyl sites for hydroxylation is 1. The molecule has 0 unspecified atom stereocenters. The second kappa shape index (κ2) is 5.37. The molecule has 2 rings (SSSR count). The fraction of sp³-hybridized carbons (Fsp3) is 0.143. The molecule has 0 bridgehead atoms. The van der Waals surface area contributed by atoms with Gasteiger partial charge in [0.05, 0.1) is 0 Å². The number of hydrogen-bond acceptors (Lipinski definition) is 1. The van der Waals surface area contributed by atoms with Gasteiger partial charge < -0.3 is 0 Å². The van der Waals surface area contributed by atoms with Crippen molar-refractivity contribution in [2.45, 2.75) is 23.6 Å². The molecule has 0 atom stereocenters. The molecule has 0 saturated heterocycles. The van der Waals surface area contributed by atoms with Crippen LogP contribution in [0, 0.1) is 13.8 Å². The van der Waals surface area contributed by atoms with Gasteiger partial charge in [-0.3, -0.25) is 0 Å². The van der Waals surface area contributed by atoms with Crippen LogP contribution < -0.4 is 3.07 Å². The number of benzene rings is 2. The van der Waals surface area contributed by atoms with Crippen LogP contribution in [0.1, 0.15) is 11.1 Å². The van der Waals surface area contributed by atoms with Gasteiger partial charge in [-0.1, -0.05) is 0 Å². The summed E-state index contributed by atoms with van der Waals surface area (Å²) in [5, 5.41) is 0. The third kappa shape index (κ3) is 2.69. The summed E-state index contributed by atoms with van der Waals surface area (Å²) in [7, 11) is 0. The van der Waals surface area contributed by atoms with Crippen molar-refractivity contribution >= 4 is 14.8 Å². The predicted octanol–water partition coefficient (Wildman–Crippen LogP) is 3.63. The molecule has 0 spiro atoms. The molecule has 0 nitrogen and oxygen atoms in total. The third-order valence-electron chi connectivity index (χ3n) is 2.75. The molecule has 16 heavy (non-hydrogen) atoms. The summed E-state index contributed by atoms with van der Waals surface area (Å²) in [6.45, 7) is 4.47. The molecule has 2 aromatic carbocycles. The zero-order valence-corrected chi connectivity index (χ0v) is 16.0. The van der Waals surface area contributed by atoms with Gasteiger partial charge >= 0.3 is 118 Å². The third-order valence-corrected chi connectivity index (χ3v) is 8.15. The first-order valence-corrected chi connectivity index (χ1v) is 8.90. The Kier molecular flexibility index (Phi) is 4.09. The van der Waals surface area contributed by atoms with Crippen LogP contribution in [-0.4, -0.2) is 0 Å². The summed E-state index contributed by atoms with van der Waals surface area (Å²) in [5.74, 6) is 0. The summed E-state index contributed by atoms with van der Waals surface area (Å²) in [5.41, 5.74) is 2.94. The molecule has 0 amide bonds. The SMILES string of the molecule is Cc1ccc(Sc2ccccc2)c(C)[c]1[Hg]. The summed E-state index contributed by atoms with van der Waals surface area (Å²) in [4.78, 5) is 2.73. The standard InChI is InChI=1S/C14H13S.Hg/c1-11-8-9-14(12(2)10-11)15-13-6-4-3-5-7-13;/h3-9H,1-2H3;. The quantitative estimate of drug-likeness (QED) is 0.677. The van der Waals surface area contributed by atoms with Crippen molar-refractivity contribution in [2.24, 2.45) is 0 Å². The monoisotopic (exact) mass is 415 g/mol. The fourth-order valence-electron chi connectivity index (χ4n) is 1.60. The van der Waals surface area contributed by atoms with E-state index in [1.54, 1.807) is 3.07 Å². The molecule has 0 fully saturated rings.